The Kier molecular flexibility index (Phi) is 5.89. The van der Waals surface area contributed by atoms with Gasteiger partial charge in [0.1, 0.15) is 11.5 Å². The lowest BCUT2D eigenvalue weighted by Crippen LogP contribution is -2.20. The molecule has 138 valence electrons. The first-order valence-electron chi connectivity index (χ1n) is 8.37. The van der Waals surface area contributed by atoms with E-state index in [1.54, 1.807) is 44.7 Å². The molecule has 0 spiro atoms. The van der Waals surface area contributed by atoms with E-state index in [1.807, 2.05) is 30.3 Å². The summed E-state index contributed by atoms with van der Waals surface area (Å²) in [6.45, 7) is 0.200. The highest BCUT2D eigenvalue weighted by Crippen LogP contribution is 2.25. The number of carbonyl (C=O) groups excluding carboxylic acids is 1. The molecular weight excluding hydrogens is 344 g/mol. The first kappa shape index (κ1) is 18.3. The normalized spacial score (nSPS) is 10.7. The second-order valence-electron chi connectivity index (χ2n) is 5.64. The number of benzene rings is 2. The predicted octanol–water partition coefficient (Wildman–Crippen LogP) is 3.69. The minimum atomic E-state index is -0.265. The number of oxazole rings is 1. The molecule has 6 nitrogen and oxygen atoms in total. The van der Waals surface area contributed by atoms with Crippen LogP contribution in [-0.2, 0) is 11.3 Å². The van der Waals surface area contributed by atoms with Crippen molar-refractivity contribution in [2.24, 2.45) is 0 Å². The van der Waals surface area contributed by atoms with Gasteiger partial charge in [0.15, 0.2) is 5.76 Å². The Morgan fingerprint density at radius 3 is 2.70 bits per heavy atom. The quantitative estimate of drug-likeness (QED) is 0.647. The van der Waals surface area contributed by atoms with Crippen molar-refractivity contribution < 1.29 is 18.7 Å². The van der Waals surface area contributed by atoms with E-state index >= 15 is 0 Å². The van der Waals surface area contributed by atoms with Crippen molar-refractivity contribution in [1.82, 2.24) is 10.3 Å². The molecule has 1 N–H and O–H groups in total. The third-order valence-corrected chi connectivity index (χ3v) is 3.88. The average Bonchev–Trinajstić information content (AvgIpc) is 3.20. The summed E-state index contributed by atoms with van der Waals surface area (Å²) in [6.07, 6.45) is 4.74. The Bertz CT molecular complexity index is 932. The second-order valence-corrected chi connectivity index (χ2v) is 5.64. The predicted molar refractivity (Wildman–Crippen MR) is 102 cm³/mol. The van der Waals surface area contributed by atoms with Gasteiger partial charge in [-0.3, -0.25) is 4.79 Å². The van der Waals surface area contributed by atoms with Crippen molar-refractivity contribution in [2.45, 2.75) is 6.54 Å². The fraction of sp³-hybridized carbons (Fsp3) is 0.143. The van der Waals surface area contributed by atoms with E-state index in [2.05, 4.69) is 10.3 Å². The number of nitrogens with one attached hydrogen (secondary N) is 1. The van der Waals surface area contributed by atoms with Gasteiger partial charge in [0.2, 0.25) is 11.8 Å². The molecule has 0 aliphatic carbocycles. The third-order valence-electron chi connectivity index (χ3n) is 3.88. The zero-order valence-corrected chi connectivity index (χ0v) is 15.1. The SMILES string of the molecule is COc1ccc(OC)c(C=CC(=O)NCc2ncc(-c3ccccc3)o2)c1. The van der Waals surface area contributed by atoms with Crippen molar-refractivity contribution in [1.29, 1.82) is 0 Å². The van der Waals surface area contributed by atoms with Crippen LogP contribution >= 0.6 is 0 Å². The summed E-state index contributed by atoms with van der Waals surface area (Å²) in [4.78, 5) is 16.3. The number of rotatable bonds is 7. The number of nitrogens with zero attached hydrogens (tertiary/aromatic N) is 1. The van der Waals surface area contributed by atoms with Gasteiger partial charge < -0.3 is 19.2 Å². The van der Waals surface area contributed by atoms with Crippen LogP contribution in [0.15, 0.2) is 65.2 Å². The summed E-state index contributed by atoms with van der Waals surface area (Å²) >= 11 is 0. The van der Waals surface area contributed by atoms with Crippen molar-refractivity contribution in [3.63, 3.8) is 0 Å². The molecule has 0 bridgehead atoms. The molecule has 3 aromatic rings. The number of hydrogen-bond donors (Lipinski definition) is 1. The number of ether oxygens (including phenoxy) is 2. The molecule has 3 rings (SSSR count). The van der Waals surface area contributed by atoms with Crippen LogP contribution in [0.4, 0.5) is 0 Å². The van der Waals surface area contributed by atoms with Gasteiger partial charge in [0.05, 0.1) is 27.0 Å². The Morgan fingerprint density at radius 2 is 1.96 bits per heavy atom. The van der Waals surface area contributed by atoms with Gasteiger partial charge in [-0.1, -0.05) is 30.3 Å². The number of aromatic nitrogens is 1. The number of carbonyl (C=O) groups is 1. The average molecular weight is 364 g/mol. The van der Waals surface area contributed by atoms with Gasteiger partial charge in [-0.05, 0) is 24.3 Å². The topological polar surface area (TPSA) is 73.6 Å². The van der Waals surface area contributed by atoms with Crippen molar-refractivity contribution in [2.75, 3.05) is 14.2 Å². The summed E-state index contributed by atoms with van der Waals surface area (Å²) in [7, 11) is 3.16. The van der Waals surface area contributed by atoms with E-state index in [9.17, 15) is 4.79 Å². The summed E-state index contributed by atoms with van der Waals surface area (Å²) in [5.74, 6) is 2.18. The highest BCUT2D eigenvalue weighted by atomic mass is 16.5. The number of hydrogen-bond acceptors (Lipinski definition) is 5. The van der Waals surface area contributed by atoms with Gasteiger partial charge in [-0.25, -0.2) is 4.98 Å². The summed E-state index contributed by atoms with van der Waals surface area (Å²) in [5, 5.41) is 2.75. The van der Waals surface area contributed by atoms with E-state index in [4.69, 9.17) is 13.9 Å². The van der Waals surface area contributed by atoms with Crippen LogP contribution in [0, 0.1) is 0 Å². The van der Waals surface area contributed by atoms with E-state index < -0.39 is 0 Å². The fourth-order valence-electron chi connectivity index (χ4n) is 2.48. The molecule has 0 atom stereocenters. The van der Waals surface area contributed by atoms with Crippen LogP contribution in [-0.4, -0.2) is 25.1 Å². The first-order valence-corrected chi connectivity index (χ1v) is 8.37. The maximum atomic E-state index is 12.1. The second kappa shape index (κ2) is 8.71. The van der Waals surface area contributed by atoms with Crippen molar-refractivity contribution >= 4 is 12.0 Å². The van der Waals surface area contributed by atoms with Crippen LogP contribution in [0.2, 0.25) is 0 Å². The standard InChI is InChI=1S/C21H20N2O4/c1-25-17-9-10-18(26-2)16(12-17)8-11-20(24)22-14-21-23-13-19(27-21)15-6-4-3-5-7-15/h3-13H,14H2,1-2H3,(H,22,24). The monoisotopic (exact) mass is 364 g/mol. The van der Waals surface area contributed by atoms with E-state index in [0.717, 1.165) is 11.1 Å². The van der Waals surface area contributed by atoms with Crippen molar-refractivity contribution in [3.8, 4) is 22.8 Å². The summed E-state index contributed by atoms with van der Waals surface area (Å²) in [6, 6.07) is 15.0. The molecule has 0 radical (unpaired) electrons. The minimum Gasteiger partial charge on any atom is -0.497 e. The maximum absolute atomic E-state index is 12.1. The van der Waals surface area contributed by atoms with Gasteiger partial charge in [-0.2, -0.15) is 0 Å². The smallest absolute Gasteiger partial charge is 0.244 e. The molecule has 6 heteroatoms. The molecular formula is C21H20N2O4. The molecule has 0 saturated carbocycles. The third kappa shape index (κ3) is 4.76. The minimum absolute atomic E-state index is 0.200. The van der Waals surface area contributed by atoms with Crippen LogP contribution in [0.5, 0.6) is 11.5 Å². The molecule has 0 aliphatic heterocycles. The zero-order valence-electron chi connectivity index (χ0n) is 15.1. The van der Waals surface area contributed by atoms with Crippen LogP contribution < -0.4 is 14.8 Å². The Labute approximate surface area is 157 Å². The van der Waals surface area contributed by atoms with Gasteiger partial charge >= 0.3 is 0 Å². The largest absolute Gasteiger partial charge is 0.497 e. The van der Waals surface area contributed by atoms with Gasteiger partial charge in [0, 0.05) is 17.2 Å². The molecule has 1 aromatic heterocycles. The first-order chi connectivity index (χ1) is 13.2. The Morgan fingerprint density at radius 1 is 1.15 bits per heavy atom. The Hall–Kier alpha value is -3.54. The lowest BCUT2D eigenvalue weighted by molar-refractivity contribution is -0.116. The number of amides is 1. The zero-order chi connectivity index (χ0) is 19.1. The molecule has 2 aromatic carbocycles. The molecule has 0 fully saturated rings. The molecule has 1 heterocycles. The number of methoxy groups -OCH3 is 2. The van der Waals surface area contributed by atoms with Gasteiger partial charge in [-0.15, -0.1) is 0 Å². The van der Waals surface area contributed by atoms with E-state index in [-0.39, 0.29) is 12.5 Å². The molecule has 0 unspecified atom stereocenters. The van der Waals surface area contributed by atoms with Gasteiger partial charge in [0.25, 0.3) is 0 Å². The van der Waals surface area contributed by atoms with Crippen molar-refractivity contribution in [3.05, 3.63) is 72.3 Å². The highest BCUT2D eigenvalue weighted by molar-refractivity contribution is 5.92. The maximum Gasteiger partial charge on any atom is 0.244 e. The lowest BCUT2D eigenvalue weighted by atomic mass is 10.1. The van der Waals surface area contributed by atoms with E-state index in [1.165, 1.54) is 6.08 Å². The molecule has 27 heavy (non-hydrogen) atoms. The highest BCUT2D eigenvalue weighted by Gasteiger charge is 2.07. The van der Waals surface area contributed by atoms with Crippen LogP contribution in [0.25, 0.3) is 17.4 Å². The summed E-state index contributed by atoms with van der Waals surface area (Å²) in [5.41, 5.74) is 1.68. The lowest BCUT2D eigenvalue weighted by Gasteiger charge is -2.07. The van der Waals surface area contributed by atoms with Crippen LogP contribution in [0.1, 0.15) is 11.5 Å². The molecule has 1 amide bonds. The van der Waals surface area contributed by atoms with E-state index in [0.29, 0.717) is 23.1 Å². The van der Waals surface area contributed by atoms with Crippen LogP contribution in [0.3, 0.4) is 0 Å². The molecule has 0 saturated heterocycles. The Balaban J connectivity index is 1.60. The summed E-state index contributed by atoms with van der Waals surface area (Å²) < 4.78 is 16.1. The fourth-order valence-corrected chi connectivity index (χ4v) is 2.48. The molecule has 0 aliphatic rings.